The maximum Gasteiger partial charge on any atom is 0.247 e. The lowest BCUT2D eigenvalue weighted by molar-refractivity contribution is 0.355. The molecule has 25 heavy (non-hydrogen) atoms. The number of ether oxygens (including phenoxy) is 2. The summed E-state index contributed by atoms with van der Waals surface area (Å²) in [6.07, 6.45) is 0. The van der Waals surface area contributed by atoms with Crippen LogP contribution in [0.25, 0.3) is 11.5 Å². The predicted octanol–water partition coefficient (Wildman–Crippen LogP) is 3.98. The fourth-order valence-corrected chi connectivity index (χ4v) is 2.67. The van der Waals surface area contributed by atoms with Gasteiger partial charge in [0.05, 0.1) is 20.8 Å². The molecule has 0 atom stereocenters. The normalized spacial score (nSPS) is 10.6. The first-order valence-corrected chi connectivity index (χ1v) is 7.96. The number of anilines is 1. The van der Waals surface area contributed by atoms with Gasteiger partial charge in [-0.15, -0.1) is 10.2 Å². The molecule has 0 bridgehead atoms. The van der Waals surface area contributed by atoms with Gasteiger partial charge in [0, 0.05) is 11.3 Å². The fourth-order valence-electron chi connectivity index (χ4n) is 2.67. The molecular weight excluding hydrogens is 318 g/mol. The van der Waals surface area contributed by atoms with Crippen LogP contribution in [0.5, 0.6) is 11.5 Å². The predicted molar refractivity (Wildman–Crippen MR) is 96.1 cm³/mol. The van der Waals surface area contributed by atoms with E-state index in [2.05, 4.69) is 47.6 Å². The zero-order chi connectivity index (χ0) is 17.8. The average Bonchev–Trinajstić information content (AvgIpc) is 3.07. The molecule has 0 radical (unpaired) electrons. The van der Waals surface area contributed by atoms with Crippen LogP contribution in [-0.4, -0.2) is 24.4 Å². The van der Waals surface area contributed by atoms with Gasteiger partial charge in [0.1, 0.15) is 0 Å². The second kappa shape index (κ2) is 7.25. The van der Waals surface area contributed by atoms with Gasteiger partial charge in [0.25, 0.3) is 0 Å². The maximum atomic E-state index is 5.74. The third-order valence-electron chi connectivity index (χ3n) is 3.76. The molecule has 0 aliphatic carbocycles. The van der Waals surface area contributed by atoms with Crippen molar-refractivity contribution in [2.45, 2.75) is 20.4 Å². The minimum absolute atomic E-state index is 0.443. The van der Waals surface area contributed by atoms with Crippen molar-refractivity contribution in [3.05, 3.63) is 53.4 Å². The Morgan fingerprint density at radius 3 is 2.32 bits per heavy atom. The van der Waals surface area contributed by atoms with Crippen molar-refractivity contribution in [2.75, 3.05) is 19.5 Å². The number of methoxy groups -OCH3 is 2. The minimum atomic E-state index is 0.443. The SMILES string of the molecule is COc1ccc(-c2nnc(CNc3cc(C)cc(C)c3)o2)cc1OC. The Kier molecular flexibility index (Phi) is 4.88. The highest BCUT2D eigenvalue weighted by molar-refractivity contribution is 5.59. The molecule has 0 fully saturated rings. The summed E-state index contributed by atoms with van der Waals surface area (Å²) >= 11 is 0. The molecule has 3 aromatic rings. The summed E-state index contributed by atoms with van der Waals surface area (Å²) < 4.78 is 16.3. The van der Waals surface area contributed by atoms with Crippen LogP contribution in [0.15, 0.2) is 40.8 Å². The van der Waals surface area contributed by atoms with Crippen LogP contribution in [0.3, 0.4) is 0 Å². The molecule has 6 nitrogen and oxygen atoms in total. The zero-order valence-corrected chi connectivity index (χ0v) is 14.8. The molecule has 1 N–H and O–H groups in total. The lowest BCUT2D eigenvalue weighted by atomic mass is 10.1. The van der Waals surface area contributed by atoms with Crippen molar-refractivity contribution in [2.24, 2.45) is 0 Å². The molecule has 0 saturated carbocycles. The van der Waals surface area contributed by atoms with E-state index in [0.29, 0.717) is 29.8 Å². The molecule has 0 aliphatic rings. The monoisotopic (exact) mass is 339 g/mol. The highest BCUT2D eigenvalue weighted by Crippen LogP contribution is 2.31. The lowest BCUT2D eigenvalue weighted by Crippen LogP contribution is -2.00. The number of rotatable bonds is 6. The molecule has 0 spiro atoms. The molecule has 2 aromatic carbocycles. The van der Waals surface area contributed by atoms with Crippen LogP contribution in [0.2, 0.25) is 0 Å². The van der Waals surface area contributed by atoms with E-state index in [9.17, 15) is 0 Å². The van der Waals surface area contributed by atoms with Crippen molar-refractivity contribution < 1.29 is 13.9 Å². The van der Waals surface area contributed by atoms with Gasteiger partial charge in [-0.2, -0.15) is 0 Å². The molecular formula is C19H21N3O3. The molecule has 130 valence electrons. The third-order valence-corrected chi connectivity index (χ3v) is 3.76. The quantitative estimate of drug-likeness (QED) is 0.732. The number of benzene rings is 2. The van der Waals surface area contributed by atoms with E-state index in [4.69, 9.17) is 13.9 Å². The highest BCUT2D eigenvalue weighted by Gasteiger charge is 2.12. The fraction of sp³-hybridized carbons (Fsp3) is 0.263. The van der Waals surface area contributed by atoms with Gasteiger partial charge >= 0.3 is 0 Å². The molecule has 0 saturated heterocycles. The van der Waals surface area contributed by atoms with Crippen LogP contribution >= 0.6 is 0 Å². The number of hydrogen-bond acceptors (Lipinski definition) is 6. The topological polar surface area (TPSA) is 69.4 Å². The van der Waals surface area contributed by atoms with Gasteiger partial charge in [-0.1, -0.05) is 6.07 Å². The largest absolute Gasteiger partial charge is 0.493 e. The molecule has 1 heterocycles. The summed E-state index contributed by atoms with van der Waals surface area (Å²) in [5.41, 5.74) is 4.23. The Morgan fingerprint density at radius 2 is 1.64 bits per heavy atom. The Balaban J connectivity index is 1.74. The lowest BCUT2D eigenvalue weighted by Gasteiger charge is -2.07. The van der Waals surface area contributed by atoms with Gasteiger partial charge < -0.3 is 19.2 Å². The Labute approximate surface area is 146 Å². The van der Waals surface area contributed by atoms with Crippen LogP contribution < -0.4 is 14.8 Å². The first-order chi connectivity index (χ1) is 12.1. The van der Waals surface area contributed by atoms with Gasteiger partial charge in [-0.3, -0.25) is 0 Å². The van der Waals surface area contributed by atoms with E-state index in [1.807, 2.05) is 18.2 Å². The minimum Gasteiger partial charge on any atom is -0.493 e. The van der Waals surface area contributed by atoms with E-state index in [-0.39, 0.29) is 0 Å². The van der Waals surface area contributed by atoms with E-state index in [0.717, 1.165) is 11.3 Å². The second-order valence-electron chi connectivity index (χ2n) is 5.80. The summed E-state index contributed by atoms with van der Waals surface area (Å²) in [5, 5.41) is 11.5. The van der Waals surface area contributed by atoms with E-state index >= 15 is 0 Å². The number of aryl methyl sites for hydroxylation is 2. The summed E-state index contributed by atoms with van der Waals surface area (Å²) in [4.78, 5) is 0. The standard InChI is InChI=1S/C19H21N3O3/c1-12-7-13(2)9-15(8-12)20-11-18-21-22-19(25-18)14-5-6-16(23-3)17(10-14)24-4/h5-10,20H,11H2,1-4H3. The summed E-state index contributed by atoms with van der Waals surface area (Å²) in [6.45, 7) is 4.60. The van der Waals surface area contributed by atoms with E-state index < -0.39 is 0 Å². The number of aromatic nitrogens is 2. The molecule has 0 unspecified atom stereocenters. The van der Waals surface area contributed by atoms with Crippen molar-refractivity contribution >= 4 is 5.69 Å². The third kappa shape index (κ3) is 3.91. The number of nitrogens with zero attached hydrogens (tertiary/aromatic N) is 2. The Morgan fingerprint density at radius 1 is 0.920 bits per heavy atom. The Hall–Kier alpha value is -3.02. The first-order valence-electron chi connectivity index (χ1n) is 7.96. The maximum absolute atomic E-state index is 5.74. The summed E-state index contributed by atoms with van der Waals surface area (Å²) in [5.74, 6) is 2.23. The molecule has 3 rings (SSSR count). The zero-order valence-electron chi connectivity index (χ0n) is 14.8. The number of hydrogen-bond donors (Lipinski definition) is 1. The van der Waals surface area contributed by atoms with Crippen molar-refractivity contribution in [1.29, 1.82) is 0 Å². The van der Waals surface area contributed by atoms with Gasteiger partial charge in [0.2, 0.25) is 11.8 Å². The van der Waals surface area contributed by atoms with Crippen molar-refractivity contribution in [3.8, 4) is 23.0 Å². The summed E-state index contributed by atoms with van der Waals surface area (Å²) in [6, 6.07) is 11.8. The van der Waals surface area contributed by atoms with Crippen LogP contribution in [0, 0.1) is 13.8 Å². The van der Waals surface area contributed by atoms with Crippen LogP contribution in [0.1, 0.15) is 17.0 Å². The number of nitrogens with one attached hydrogen (secondary N) is 1. The van der Waals surface area contributed by atoms with Gasteiger partial charge in [0.15, 0.2) is 11.5 Å². The highest BCUT2D eigenvalue weighted by atomic mass is 16.5. The van der Waals surface area contributed by atoms with E-state index in [1.165, 1.54) is 11.1 Å². The van der Waals surface area contributed by atoms with E-state index in [1.54, 1.807) is 14.2 Å². The molecule has 1 aromatic heterocycles. The van der Waals surface area contributed by atoms with Gasteiger partial charge in [-0.05, 0) is 55.3 Å². The van der Waals surface area contributed by atoms with Crippen molar-refractivity contribution in [1.82, 2.24) is 10.2 Å². The Bertz CT molecular complexity index is 854. The second-order valence-corrected chi connectivity index (χ2v) is 5.80. The van der Waals surface area contributed by atoms with Crippen molar-refractivity contribution in [3.63, 3.8) is 0 Å². The smallest absolute Gasteiger partial charge is 0.247 e. The summed E-state index contributed by atoms with van der Waals surface area (Å²) in [7, 11) is 3.19. The molecule has 0 amide bonds. The first kappa shape index (κ1) is 16.8. The molecule has 0 aliphatic heterocycles. The average molecular weight is 339 g/mol. The van der Waals surface area contributed by atoms with Gasteiger partial charge in [-0.25, -0.2) is 0 Å². The van der Waals surface area contributed by atoms with Crippen LogP contribution in [0.4, 0.5) is 5.69 Å². The molecule has 6 heteroatoms. The van der Waals surface area contributed by atoms with Crippen LogP contribution in [-0.2, 0) is 6.54 Å².